The average Bonchev–Trinajstić information content (AvgIpc) is 3.81. The zero-order valence-corrected chi connectivity index (χ0v) is 30.4. The van der Waals surface area contributed by atoms with Crippen LogP contribution in [0.4, 0.5) is 10.1 Å². The van der Waals surface area contributed by atoms with Gasteiger partial charge < -0.3 is 42.3 Å². The molecule has 272 valence electrons. The SMILES string of the molecule is CCOP(=O)(OCC)C(CC(=O)N1CCC[C@H]2CN(c3c(F)cc4c(=O)c(C(=O)O)cn(C5CC5)c4c3OC)C[C@H]21)P(=O)(OCC)OCC. The van der Waals surface area contributed by atoms with E-state index in [2.05, 4.69) is 0 Å². The number of halogens is 1. The molecule has 1 amide bonds. The molecule has 1 aromatic heterocycles. The molecule has 3 fully saturated rings. The molecule has 0 bridgehead atoms. The standard InChI is InChI=1S/C32H46FN3O11P2/c1-6-44-48(41,45-7-2)27(49(42,46-8-3)47-9-4)16-26(37)35-14-10-11-20-17-34(19-25(20)35)29-24(33)15-22-28(31(29)43-5)36(21-12-13-21)18-23(30(22)38)32(39)40/h15,18,20-21,25,27H,6-14,16-17,19H2,1-5H3,(H,39,40)/t20-,25+/m0/s1. The molecule has 2 atom stereocenters. The molecule has 0 radical (unpaired) electrons. The molecule has 1 aromatic carbocycles. The first-order valence-electron chi connectivity index (χ1n) is 16.9. The van der Waals surface area contributed by atoms with Crippen molar-refractivity contribution in [2.24, 2.45) is 5.92 Å². The summed E-state index contributed by atoms with van der Waals surface area (Å²) >= 11 is 0. The van der Waals surface area contributed by atoms with Crippen molar-refractivity contribution in [3.8, 4) is 5.75 Å². The summed E-state index contributed by atoms with van der Waals surface area (Å²) in [6, 6.07) is 0.650. The Hall–Kier alpha value is -2.80. The normalized spacial score (nSPS) is 19.9. The van der Waals surface area contributed by atoms with Gasteiger partial charge in [0.2, 0.25) is 11.3 Å². The van der Waals surface area contributed by atoms with Crippen LogP contribution < -0.4 is 15.1 Å². The van der Waals surface area contributed by atoms with Gasteiger partial charge in [-0.05, 0) is 65.4 Å². The third-order valence-corrected chi connectivity index (χ3v) is 15.3. The fourth-order valence-electron chi connectivity index (χ4n) is 7.21. The van der Waals surface area contributed by atoms with E-state index < -0.39 is 55.7 Å². The molecule has 14 nitrogen and oxygen atoms in total. The van der Waals surface area contributed by atoms with Crippen LogP contribution in [0.2, 0.25) is 0 Å². The van der Waals surface area contributed by atoms with Gasteiger partial charge in [-0.1, -0.05) is 0 Å². The fraction of sp³-hybridized carbons (Fsp3) is 0.656. The van der Waals surface area contributed by atoms with E-state index in [-0.39, 0.29) is 67.8 Å². The van der Waals surface area contributed by atoms with Crippen LogP contribution in [0.3, 0.4) is 0 Å². The molecule has 1 N–H and O–H groups in total. The molecule has 1 saturated carbocycles. The molecule has 3 aliphatic rings. The van der Waals surface area contributed by atoms with Gasteiger partial charge in [-0.25, -0.2) is 9.18 Å². The number of pyridine rings is 1. The number of methoxy groups -OCH3 is 1. The highest BCUT2D eigenvalue weighted by molar-refractivity contribution is 7.72. The van der Waals surface area contributed by atoms with Crippen LogP contribution in [0.15, 0.2) is 17.1 Å². The Kier molecular flexibility index (Phi) is 11.6. The summed E-state index contributed by atoms with van der Waals surface area (Å²) in [6.07, 6.45) is 3.79. The van der Waals surface area contributed by atoms with Crippen LogP contribution in [-0.2, 0) is 32.0 Å². The lowest BCUT2D eigenvalue weighted by atomic mass is 9.92. The Morgan fingerprint density at radius 2 is 1.57 bits per heavy atom. The van der Waals surface area contributed by atoms with Crippen molar-refractivity contribution in [3.63, 3.8) is 0 Å². The molecule has 3 heterocycles. The summed E-state index contributed by atoms with van der Waals surface area (Å²) in [6.45, 7) is 7.38. The number of anilines is 1. The smallest absolute Gasteiger partial charge is 0.346 e. The zero-order chi connectivity index (χ0) is 35.7. The van der Waals surface area contributed by atoms with Crippen LogP contribution in [0.5, 0.6) is 5.75 Å². The topological polar surface area (TPSA) is 163 Å². The number of benzene rings is 1. The number of fused-ring (bicyclic) bond motifs is 2. The molecule has 0 unspecified atom stereocenters. The fourth-order valence-corrected chi connectivity index (χ4v) is 12.4. The molecule has 0 spiro atoms. The number of nitrogens with zero attached hydrogens (tertiary/aromatic N) is 3. The van der Waals surface area contributed by atoms with Crippen LogP contribution in [0.1, 0.15) is 76.2 Å². The number of carboxylic acid groups (broad SMARTS) is 1. The van der Waals surface area contributed by atoms with Crippen LogP contribution >= 0.6 is 15.2 Å². The molecule has 49 heavy (non-hydrogen) atoms. The number of amides is 1. The number of piperidine rings is 1. The monoisotopic (exact) mass is 729 g/mol. The second-order valence-electron chi connectivity index (χ2n) is 12.3. The molecule has 5 rings (SSSR count). The van der Waals surface area contributed by atoms with Gasteiger partial charge in [-0.2, -0.15) is 0 Å². The van der Waals surface area contributed by atoms with E-state index >= 15 is 4.39 Å². The third kappa shape index (κ3) is 7.21. The lowest BCUT2D eigenvalue weighted by Gasteiger charge is -2.38. The first-order chi connectivity index (χ1) is 23.4. The van der Waals surface area contributed by atoms with Gasteiger partial charge in [-0.3, -0.25) is 18.7 Å². The number of carbonyl (C=O) groups is 2. The van der Waals surface area contributed by atoms with Crippen molar-refractivity contribution >= 4 is 43.7 Å². The first-order valence-corrected chi connectivity index (χ1v) is 20.1. The Bertz CT molecular complexity index is 1680. The second-order valence-corrected chi connectivity index (χ2v) is 17.2. The van der Waals surface area contributed by atoms with Crippen molar-refractivity contribution in [1.29, 1.82) is 0 Å². The maximum atomic E-state index is 16.1. The highest BCUT2D eigenvalue weighted by Gasteiger charge is 2.53. The summed E-state index contributed by atoms with van der Waals surface area (Å²) in [4.78, 5) is 42.7. The highest BCUT2D eigenvalue weighted by Crippen LogP contribution is 2.71. The summed E-state index contributed by atoms with van der Waals surface area (Å²) in [5.74, 6) is -2.51. The van der Waals surface area contributed by atoms with E-state index in [0.717, 1.165) is 25.3 Å². The van der Waals surface area contributed by atoms with Gasteiger partial charge in [-0.15, -0.1) is 0 Å². The van der Waals surface area contributed by atoms with Crippen molar-refractivity contribution in [3.05, 3.63) is 33.9 Å². The van der Waals surface area contributed by atoms with Gasteiger partial charge >= 0.3 is 21.2 Å². The summed E-state index contributed by atoms with van der Waals surface area (Å²) in [5.41, 5.74) is -0.782. The minimum Gasteiger partial charge on any atom is -0.492 e. The number of likely N-dealkylation sites (tertiary alicyclic amines) is 1. The van der Waals surface area contributed by atoms with Gasteiger partial charge in [0.25, 0.3) is 0 Å². The van der Waals surface area contributed by atoms with Crippen molar-refractivity contribution < 1.29 is 51.0 Å². The van der Waals surface area contributed by atoms with E-state index in [1.807, 2.05) is 0 Å². The number of hydrogen-bond donors (Lipinski definition) is 1. The van der Waals surface area contributed by atoms with E-state index in [0.29, 0.717) is 25.0 Å². The average molecular weight is 730 g/mol. The maximum absolute atomic E-state index is 16.1. The molecule has 2 saturated heterocycles. The zero-order valence-electron chi connectivity index (χ0n) is 28.6. The third-order valence-electron chi connectivity index (χ3n) is 9.31. The molecular weight excluding hydrogens is 683 g/mol. The Morgan fingerprint density at radius 1 is 0.980 bits per heavy atom. The van der Waals surface area contributed by atoms with E-state index in [1.165, 1.54) is 13.3 Å². The summed E-state index contributed by atoms with van der Waals surface area (Å²) < 4.78 is 74.1. The van der Waals surface area contributed by atoms with Crippen molar-refractivity contribution in [1.82, 2.24) is 9.47 Å². The number of carbonyl (C=O) groups excluding carboxylic acids is 1. The lowest BCUT2D eigenvalue weighted by Crippen LogP contribution is -2.49. The second kappa shape index (κ2) is 15.2. The van der Waals surface area contributed by atoms with Crippen molar-refractivity contribution in [2.45, 2.75) is 77.3 Å². The number of rotatable bonds is 16. The number of hydrogen-bond acceptors (Lipinski definition) is 11. The van der Waals surface area contributed by atoms with Crippen LogP contribution in [0, 0.1) is 11.7 Å². The number of ether oxygens (including phenoxy) is 1. The van der Waals surface area contributed by atoms with Crippen molar-refractivity contribution in [2.75, 3.05) is 58.1 Å². The summed E-state index contributed by atoms with van der Waals surface area (Å²) in [5, 5.41) is 8.10. The van der Waals surface area contributed by atoms with E-state index in [1.54, 1.807) is 42.1 Å². The summed E-state index contributed by atoms with van der Waals surface area (Å²) in [7, 11) is -6.95. The number of aromatic nitrogens is 1. The number of aromatic carboxylic acids is 1. The lowest BCUT2D eigenvalue weighted by molar-refractivity contribution is -0.135. The maximum Gasteiger partial charge on any atom is 0.346 e. The molecule has 17 heteroatoms. The predicted molar refractivity (Wildman–Crippen MR) is 181 cm³/mol. The van der Waals surface area contributed by atoms with E-state index in [4.69, 9.17) is 22.8 Å². The molecule has 1 aliphatic carbocycles. The first kappa shape index (κ1) is 37.5. The van der Waals surface area contributed by atoms with E-state index in [9.17, 15) is 28.6 Å². The highest BCUT2D eigenvalue weighted by atomic mass is 31.2. The van der Waals surface area contributed by atoms with Gasteiger partial charge in [0.05, 0.1) is 56.9 Å². The predicted octanol–water partition coefficient (Wildman–Crippen LogP) is 5.86. The Morgan fingerprint density at radius 3 is 2.08 bits per heavy atom. The molecule has 2 aromatic rings. The van der Waals surface area contributed by atoms with Gasteiger partial charge in [0.15, 0.2) is 17.0 Å². The van der Waals surface area contributed by atoms with Gasteiger partial charge in [0.1, 0.15) is 11.3 Å². The van der Waals surface area contributed by atoms with Crippen LogP contribution in [-0.4, -0.2) is 91.1 Å². The molecule has 2 aliphatic heterocycles. The Balaban J connectivity index is 1.51. The largest absolute Gasteiger partial charge is 0.492 e. The quantitative estimate of drug-likeness (QED) is 0.205. The number of carboxylic acids is 1. The van der Waals surface area contributed by atoms with Gasteiger partial charge in [0, 0.05) is 31.9 Å². The van der Waals surface area contributed by atoms with Crippen LogP contribution in [0.25, 0.3) is 10.9 Å². The molecular formula is C32H46FN3O11P2. The minimum absolute atomic E-state index is 0.0189. The Labute approximate surface area is 284 Å². The minimum atomic E-state index is -4.17.